The summed E-state index contributed by atoms with van der Waals surface area (Å²) in [5.74, 6) is 0. The SMILES string of the molecule is O[C@H]1CCC[C@H]1n1cc(CCc2ccccc2)c(-c2ccccc2)n1. The molecule has 1 N–H and O–H groups in total. The van der Waals surface area contributed by atoms with Gasteiger partial charge in [-0.05, 0) is 43.2 Å². The molecule has 3 nitrogen and oxygen atoms in total. The van der Waals surface area contributed by atoms with Crippen molar-refractivity contribution in [2.45, 2.75) is 44.2 Å². The van der Waals surface area contributed by atoms with E-state index in [-0.39, 0.29) is 12.1 Å². The highest BCUT2D eigenvalue weighted by Gasteiger charge is 2.28. The van der Waals surface area contributed by atoms with Crippen molar-refractivity contribution in [1.82, 2.24) is 9.78 Å². The molecule has 1 saturated carbocycles. The normalized spacial score (nSPS) is 20.0. The fourth-order valence-corrected chi connectivity index (χ4v) is 3.77. The molecule has 1 aromatic heterocycles. The number of nitrogens with zero attached hydrogens (tertiary/aromatic N) is 2. The van der Waals surface area contributed by atoms with Crippen molar-refractivity contribution in [2.75, 3.05) is 0 Å². The Hall–Kier alpha value is -2.39. The number of rotatable bonds is 5. The van der Waals surface area contributed by atoms with Crippen LogP contribution in [0.5, 0.6) is 0 Å². The van der Waals surface area contributed by atoms with Gasteiger partial charge in [0, 0.05) is 11.8 Å². The van der Waals surface area contributed by atoms with E-state index >= 15 is 0 Å². The Bertz CT molecular complexity index is 811. The summed E-state index contributed by atoms with van der Waals surface area (Å²) in [6.45, 7) is 0. The van der Waals surface area contributed by atoms with Crippen LogP contribution in [0.4, 0.5) is 0 Å². The fourth-order valence-electron chi connectivity index (χ4n) is 3.77. The summed E-state index contributed by atoms with van der Waals surface area (Å²) in [6, 6.07) is 21.1. The Morgan fingerprint density at radius 2 is 1.64 bits per heavy atom. The van der Waals surface area contributed by atoms with Crippen LogP contribution in [0.2, 0.25) is 0 Å². The Morgan fingerprint density at radius 1 is 0.920 bits per heavy atom. The first-order valence-corrected chi connectivity index (χ1v) is 9.17. The third kappa shape index (κ3) is 3.52. The molecule has 2 atom stereocenters. The van der Waals surface area contributed by atoms with Gasteiger partial charge in [-0.1, -0.05) is 60.7 Å². The molecule has 1 aliphatic rings. The molecule has 0 spiro atoms. The third-order valence-electron chi connectivity index (χ3n) is 5.16. The minimum Gasteiger partial charge on any atom is -0.391 e. The zero-order chi connectivity index (χ0) is 17.1. The average Bonchev–Trinajstić information content (AvgIpc) is 3.27. The van der Waals surface area contributed by atoms with Gasteiger partial charge in [0.1, 0.15) is 0 Å². The van der Waals surface area contributed by atoms with E-state index in [2.05, 4.69) is 60.8 Å². The van der Waals surface area contributed by atoms with Crippen molar-refractivity contribution >= 4 is 0 Å². The minimum atomic E-state index is -0.273. The van der Waals surface area contributed by atoms with Crippen LogP contribution >= 0.6 is 0 Å². The van der Waals surface area contributed by atoms with Crippen molar-refractivity contribution in [1.29, 1.82) is 0 Å². The molecule has 0 unspecified atom stereocenters. The van der Waals surface area contributed by atoms with E-state index < -0.39 is 0 Å². The number of aliphatic hydroxyl groups is 1. The number of hydrogen-bond acceptors (Lipinski definition) is 2. The highest BCUT2D eigenvalue weighted by atomic mass is 16.3. The first-order valence-electron chi connectivity index (χ1n) is 9.17. The summed E-state index contributed by atoms with van der Waals surface area (Å²) < 4.78 is 2.01. The van der Waals surface area contributed by atoms with E-state index in [0.717, 1.165) is 43.4 Å². The monoisotopic (exact) mass is 332 g/mol. The van der Waals surface area contributed by atoms with Gasteiger partial charge in [-0.3, -0.25) is 4.68 Å². The molecule has 1 heterocycles. The van der Waals surface area contributed by atoms with Gasteiger partial charge in [-0.2, -0.15) is 5.10 Å². The van der Waals surface area contributed by atoms with Gasteiger partial charge in [0.15, 0.2) is 0 Å². The highest BCUT2D eigenvalue weighted by molar-refractivity contribution is 5.62. The maximum atomic E-state index is 10.3. The Labute approximate surface area is 148 Å². The van der Waals surface area contributed by atoms with E-state index in [1.807, 2.05) is 10.7 Å². The maximum absolute atomic E-state index is 10.3. The second-order valence-electron chi connectivity index (χ2n) is 6.90. The van der Waals surface area contributed by atoms with Crippen LogP contribution in [0, 0.1) is 0 Å². The topological polar surface area (TPSA) is 38.0 Å². The molecule has 4 rings (SSSR count). The van der Waals surface area contributed by atoms with Gasteiger partial charge < -0.3 is 5.11 Å². The van der Waals surface area contributed by atoms with Gasteiger partial charge in [0.2, 0.25) is 0 Å². The number of hydrogen-bond donors (Lipinski definition) is 1. The van der Waals surface area contributed by atoms with Crippen LogP contribution < -0.4 is 0 Å². The van der Waals surface area contributed by atoms with E-state index in [1.165, 1.54) is 11.1 Å². The zero-order valence-corrected chi connectivity index (χ0v) is 14.4. The molecule has 0 amide bonds. The van der Waals surface area contributed by atoms with Crippen molar-refractivity contribution in [3.8, 4) is 11.3 Å². The van der Waals surface area contributed by atoms with Crippen LogP contribution in [0.1, 0.15) is 36.4 Å². The van der Waals surface area contributed by atoms with E-state index in [4.69, 9.17) is 5.10 Å². The second-order valence-corrected chi connectivity index (χ2v) is 6.90. The summed E-state index contributed by atoms with van der Waals surface area (Å²) in [6.07, 6.45) is 6.80. The zero-order valence-electron chi connectivity index (χ0n) is 14.4. The van der Waals surface area contributed by atoms with Crippen molar-refractivity contribution in [2.24, 2.45) is 0 Å². The standard InChI is InChI=1S/C22H24N2O/c25-21-13-7-12-20(21)24-16-19(15-14-17-8-3-1-4-9-17)22(23-24)18-10-5-2-6-11-18/h1-6,8-11,16,20-21,25H,7,12-15H2/t20-,21+/m1/s1. The summed E-state index contributed by atoms with van der Waals surface area (Å²) in [5, 5.41) is 15.1. The number of benzene rings is 2. The van der Waals surface area contributed by atoms with E-state index in [0.29, 0.717) is 0 Å². The molecule has 1 fully saturated rings. The third-order valence-corrected chi connectivity index (χ3v) is 5.16. The van der Waals surface area contributed by atoms with Crippen molar-refractivity contribution in [3.05, 3.63) is 78.0 Å². The van der Waals surface area contributed by atoms with E-state index in [1.54, 1.807) is 0 Å². The predicted molar refractivity (Wildman–Crippen MR) is 100 cm³/mol. The van der Waals surface area contributed by atoms with Crippen LogP contribution in [-0.4, -0.2) is 21.0 Å². The summed E-state index contributed by atoms with van der Waals surface area (Å²) in [5.41, 5.74) is 4.80. The van der Waals surface area contributed by atoms with Gasteiger partial charge in [0.25, 0.3) is 0 Å². The summed E-state index contributed by atoms with van der Waals surface area (Å²) in [4.78, 5) is 0. The van der Waals surface area contributed by atoms with Crippen molar-refractivity contribution in [3.63, 3.8) is 0 Å². The lowest BCUT2D eigenvalue weighted by Crippen LogP contribution is -2.18. The maximum Gasteiger partial charge on any atom is 0.0955 e. The molecule has 25 heavy (non-hydrogen) atoms. The Kier molecular flexibility index (Phi) is 4.66. The molecule has 1 aliphatic carbocycles. The highest BCUT2D eigenvalue weighted by Crippen LogP contribution is 2.32. The van der Waals surface area contributed by atoms with Crippen molar-refractivity contribution < 1.29 is 5.11 Å². The summed E-state index contributed by atoms with van der Waals surface area (Å²) >= 11 is 0. The molecule has 0 saturated heterocycles. The van der Waals surface area contributed by atoms with Gasteiger partial charge in [-0.15, -0.1) is 0 Å². The van der Waals surface area contributed by atoms with E-state index in [9.17, 15) is 5.11 Å². The number of aromatic nitrogens is 2. The molecule has 0 aliphatic heterocycles. The molecular formula is C22H24N2O. The van der Waals surface area contributed by atoms with Crippen LogP contribution in [0.25, 0.3) is 11.3 Å². The molecule has 128 valence electrons. The lowest BCUT2D eigenvalue weighted by Gasteiger charge is -2.14. The quantitative estimate of drug-likeness (QED) is 0.751. The lowest BCUT2D eigenvalue weighted by molar-refractivity contribution is 0.130. The smallest absolute Gasteiger partial charge is 0.0955 e. The molecule has 0 bridgehead atoms. The number of aliphatic hydroxyl groups excluding tert-OH is 1. The second kappa shape index (κ2) is 7.24. The molecule has 2 aromatic carbocycles. The van der Waals surface area contributed by atoms with Crippen LogP contribution in [0.3, 0.4) is 0 Å². The molecular weight excluding hydrogens is 308 g/mol. The lowest BCUT2D eigenvalue weighted by atomic mass is 10.0. The first kappa shape index (κ1) is 16.1. The molecule has 3 aromatic rings. The van der Waals surface area contributed by atoms with Crippen LogP contribution in [0.15, 0.2) is 66.9 Å². The molecule has 3 heteroatoms. The largest absolute Gasteiger partial charge is 0.391 e. The van der Waals surface area contributed by atoms with Gasteiger partial charge in [-0.25, -0.2) is 0 Å². The number of aryl methyl sites for hydroxylation is 2. The summed E-state index contributed by atoms with van der Waals surface area (Å²) in [7, 11) is 0. The fraction of sp³-hybridized carbons (Fsp3) is 0.318. The average molecular weight is 332 g/mol. The predicted octanol–water partition coefficient (Wildman–Crippen LogP) is 4.42. The van der Waals surface area contributed by atoms with Gasteiger partial charge >= 0.3 is 0 Å². The first-order chi connectivity index (χ1) is 12.3. The minimum absolute atomic E-state index is 0.118. The van der Waals surface area contributed by atoms with Gasteiger partial charge in [0.05, 0.1) is 17.8 Å². The van der Waals surface area contributed by atoms with Crippen LogP contribution in [-0.2, 0) is 12.8 Å². The Balaban J connectivity index is 1.64. The Morgan fingerprint density at radius 3 is 2.32 bits per heavy atom. The molecule has 0 radical (unpaired) electrons.